The van der Waals surface area contributed by atoms with Gasteiger partial charge in [-0.1, -0.05) is 26.0 Å². The smallest absolute Gasteiger partial charge is 0.220 e. The summed E-state index contributed by atoms with van der Waals surface area (Å²) in [6, 6.07) is 6.51. The Hall–Kier alpha value is -1.51. The maximum atomic E-state index is 11.1. The van der Waals surface area contributed by atoms with Gasteiger partial charge in [-0.05, 0) is 36.5 Å². The number of nitrogens with one attached hydrogen (secondary N) is 1. The van der Waals surface area contributed by atoms with Gasteiger partial charge < -0.3 is 10.1 Å². The van der Waals surface area contributed by atoms with Crippen LogP contribution in [0.25, 0.3) is 0 Å². The van der Waals surface area contributed by atoms with E-state index in [4.69, 9.17) is 4.74 Å². The molecule has 1 aromatic rings. The Morgan fingerprint density at radius 2 is 2.22 bits per heavy atom. The first-order valence-corrected chi connectivity index (χ1v) is 6.59. The van der Waals surface area contributed by atoms with E-state index in [2.05, 4.69) is 37.4 Å². The first kappa shape index (κ1) is 12.9. The van der Waals surface area contributed by atoms with Crippen molar-refractivity contribution in [3.63, 3.8) is 0 Å². The minimum absolute atomic E-state index is 0.135. The number of benzene rings is 1. The second-order valence-electron chi connectivity index (χ2n) is 5.29. The van der Waals surface area contributed by atoms with E-state index >= 15 is 0 Å². The van der Waals surface area contributed by atoms with Crippen molar-refractivity contribution in [2.45, 2.75) is 45.6 Å². The SMILES string of the molecule is Cc1ccc(C(C)C)cc1OCC1CCC(=O)N1. The molecule has 1 aliphatic rings. The van der Waals surface area contributed by atoms with E-state index in [0.29, 0.717) is 18.9 Å². The van der Waals surface area contributed by atoms with Crippen LogP contribution in [0, 0.1) is 6.92 Å². The average Bonchev–Trinajstić information content (AvgIpc) is 2.74. The summed E-state index contributed by atoms with van der Waals surface area (Å²) in [4.78, 5) is 11.1. The van der Waals surface area contributed by atoms with Gasteiger partial charge in [0.25, 0.3) is 0 Å². The van der Waals surface area contributed by atoms with E-state index in [-0.39, 0.29) is 11.9 Å². The summed E-state index contributed by atoms with van der Waals surface area (Å²) >= 11 is 0. The highest BCUT2D eigenvalue weighted by atomic mass is 16.5. The summed E-state index contributed by atoms with van der Waals surface area (Å²) in [6.45, 7) is 6.96. The van der Waals surface area contributed by atoms with E-state index in [9.17, 15) is 4.79 Å². The summed E-state index contributed by atoms with van der Waals surface area (Å²) < 4.78 is 5.85. The lowest BCUT2D eigenvalue weighted by Crippen LogP contribution is -2.30. The molecule has 98 valence electrons. The zero-order valence-electron chi connectivity index (χ0n) is 11.3. The fraction of sp³-hybridized carbons (Fsp3) is 0.533. The minimum Gasteiger partial charge on any atom is -0.491 e. The molecule has 2 rings (SSSR count). The van der Waals surface area contributed by atoms with Crippen molar-refractivity contribution in [1.82, 2.24) is 5.32 Å². The van der Waals surface area contributed by atoms with E-state index in [0.717, 1.165) is 17.7 Å². The van der Waals surface area contributed by atoms with Gasteiger partial charge in [-0.3, -0.25) is 4.79 Å². The lowest BCUT2D eigenvalue weighted by Gasteiger charge is -2.15. The molecule has 1 fully saturated rings. The maximum Gasteiger partial charge on any atom is 0.220 e. The number of hydrogen-bond acceptors (Lipinski definition) is 2. The van der Waals surface area contributed by atoms with Crippen molar-refractivity contribution in [3.8, 4) is 5.75 Å². The first-order valence-electron chi connectivity index (χ1n) is 6.59. The molecular weight excluding hydrogens is 226 g/mol. The van der Waals surface area contributed by atoms with Gasteiger partial charge in [-0.15, -0.1) is 0 Å². The Balaban J connectivity index is 1.99. The van der Waals surface area contributed by atoms with E-state index in [1.165, 1.54) is 5.56 Å². The number of rotatable bonds is 4. The van der Waals surface area contributed by atoms with Crippen LogP contribution < -0.4 is 10.1 Å². The minimum atomic E-state index is 0.135. The third kappa shape index (κ3) is 3.03. The quantitative estimate of drug-likeness (QED) is 0.888. The molecule has 0 spiro atoms. The Kier molecular flexibility index (Phi) is 3.90. The predicted octanol–water partition coefficient (Wildman–Crippen LogP) is 2.78. The van der Waals surface area contributed by atoms with Crippen LogP contribution in [-0.2, 0) is 4.79 Å². The molecule has 0 aliphatic carbocycles. The van der Waals surface area contributed by atoms with Crippen molar-refractivity contribution in [3.05, 3.63) is 29.3 Å². The molecule has 1 N–H and O–H groups in total. The van der Waals surface area contributed by atoms with Gasteiger partial charge in [0.1, 0.15) is 12.4 Å². The summed E-state index contributed by atoms with van der Waals surface area (Å²) in [5, 5.41) is 2.92. The fourth-order valence-corrected chi connectivity index (χ4v) is 2.12. The zero-order chi connectivity index (χ0) is 13.1. The Bertz CT molecular complexity index is 440. The molecule has 1 amide bonds. The Labute approximate surface area is 109 Å². The van der Waals surface area contributed by atoms with Crippen LogP contribution in [0.4, 0.5) is 0 Å². The van der Waals surface area contributed by atoms with Gasteiger partial charge in [0.2, 0.25) is 5.91 Å². The molecule has 1 unspecified atom stereocenters. The van der Waals surface area contributed by atoms with Crippen molar-refractivity contribution >= 4 is 5.91 Å². The molecule has 0 bridgehead atoms. The number of hydrogen-bond donors (Lipinski definition) is 1. The van der Waals surface area contributed by atoms with Crippen LogP contribution in [0.3, 0.4) is 0 Å². The fourth-order valence-electron chi connectivity index (χ4n) is 2.12. The Morgan fingerprint density at radius 1 is 1.44 bits per heavy atom. The number of amides is 1. The lowest BCUT2D eigenvalue weighted by atomic mass is 10.0. The average molecular weight is 247 g/mol. The van der Waals surface area contributed by atoms with Gasteiger partial charge >= 0.3 is 0 Å². The van der Waals surface area contributed by atoms with Crippen LogP contribution in [0.1, 0.15) is 43.7 Å². The molecule has 0 aromatic heterocycles. The lowest BCUT2D eigenvalue weighted by molar-refractivity contribution is -0.119. The topological polar surface area (TPSA) is 38.3 Å². The highest BCUT2D eigenvalue weighted by molar-refractivity contribution is 5.78. The number of aryl methyl sites for hydroxylation is 1. The molecule has 0 radical (unpaired) electrons. The molecule has 1 heterocycles. The van der Waals surface area contributed by atoms with Gasteiger partial charge in [-0.2, -0.15) is 0 Å². The molecule has 3 heteroatoms. The van der Waals surface area contributed by atoms with Crippen LogP contribution in [0.5, 0.6) is 5.75 Å². The highest BCUT2D eigenvalue weighted by Crippen LogP contribution is 2.24. The van der Waals surface area contributed by atoms with Crippen LogP contribution in [0.15, 0.2) is 18.2 Å². The van der Waals surface area contributed by atoms with Crippen molar-refractivity contribution in [2.75, 3.05) is 6.61 Å². The second-order valence-corrected chi connectivity index (χ2v) is 5.29. The van der Waals surface area contributed by atoms with Gasteiger partial charge in [-0.25, -0.2) is 0 Å². The number of carbonyl (C=O) groups excluding carboxylic acids is 1. The van der Waals surface area contributed by atoms with Gasteiger partial charge in [0.05, 0.1) is 6.04 Å². The second kappa shape index (κ2) is 5.42. The standard InChI is InChI=1S/C15H21NO2/c1-10(2)12-5-4-11(3)14(8-12)18-9-13-6-7-15(17)16-13/h4-5,8,10,13H,6-7,9H2,1-3H3,(H,16,17). The molecule has 0 saturated carbocycles. The van der Waals surface area contributed by atoms with Gasteiger partial charge in [0.15, 0.2) is 0 Å². The van der Waals surface area contributed by atoms with E-state index in [1.807, 2.05) is 6.92 Å². The molecule has 1 saturated heterocycles. The summed E-state index contributed by atoms with van der Waals surface area (Å²) in [6.07, 6.45) is 1.50. The molecule has 1 atom stereocenters. The van der Waals surface area contributed by atoms with Crippen molar-refractivity contribution in [2.24, 2.45) is 0 Å². The van der Waals surface area contributed by atoms with E-state index in [1.54, 1.807) is 0 Å². The first-order chi connectivity index (χ1) is 8.56. The monoisotopic (exact) mass is 247 g/mol. The third-order valence-corrected chi connectivity index (χ3v) is 3.40. The zero-order valence-corrected chi connectivity index (χ0v) is 11.3. The van der Waals surface area contributed by atoms with Crippen molar-refractivity contribution < 1.29 is 9.53 Å². The van der Waals surface area contributed by atoms with Crippen LogP contribution in [0.2, 0.25) is 0 Å². The molecular formula is C15H21NO2. The Morgan fingerprint density at radius 3 is 2.83 bits per heavy atom. The highest BCUT2D eigenvalue weighted by Gasteiger charge is 2.21. The van der Waals surface area contributed by atoms with Gasteiger partial charge in [0, 0.05) is 6.42 Å². The molecule has 1 aromatic carbocycles. The van der Waals surface area contributed by atoms with E-state index < -0.39 is 0 Å². The number of ether oxygens (including phenoxy) is 1. The van der Waals surface area contributed by atoms with Crippen LogP contribution >= 0.6 is 0 Å². The third-order valence-electron chi connectivity index (χ3n) is 3.40. The van der Waals surface area contributed by atoms with Crippen molar-refractivity contribution in [1.29, 1.82) is 0 Å². The summed E-state index contributed by atoms with van der Waals surface area (Å²) in [7, 11) is 0. The maximum absolute atomic E-state index is 11.1. The molecule has 1 aliphatic heterocycles. The molecule has 18 heavy (non-hydrogen) atoms. The summed E-state index contributed by atoms with van der Waals surface area (Å²) in [5.74, 6) is 1.57. The summed E-state index contributed by atoms with van der Waals surface area (Å²) in [5.41, 5.74) is 2.43. The predicted molar refractivity (Wildman–Crippen MR) is 71.9 cm³/mol. The number of carbonyl (C=O) groups is 1. The van der Waals surface area contributed by atoms with Crippen LogP contribution in [-0.4, -0.2) is 18.6 Å². The normalized spacial score (nSPS) is 19.1. The largest absolute Gasteiger partial charge is 0.491 e. The molecule has 3 nitrogen and oxygen atoms in total.